The number of hydrogen-bond donors (Lipinski definition) is 2. The quantitative estimate of drug-likeness (QED) is 0.867. The lowest BCUT2D eigenvalue weighted by Gasteiger charge is -2.09. The van der Waals surface area contributed by atoms with Crippen LogP contribution in [0.2, 0.25) is 5.02 Å². The molecule has 0 atom stereocenters. The van der Waals surface area contributed by atoms with E-state index in [-0.39, 0.29) is 11.5 Å². The van der Waals surface area contributed by atoms with Crippen LogP contribution in [-0.4, -0.2) is 22.3 Å². The first-order valence-electron chi connectivity index (χ1n) is 4.71. The number of aromatic nitrogens is 3. The molecular weight excluding hydrogens is 244 g/mol. The Kier molecular flexibility index (Phi) is 3.24. The van der Waals surface area contributed by atoms with Gasteiger partial charge in [-0.2, -0.15) is 0 Å². The average Bonchev–Trinajstić information content (AvgIpc) is 2.29. The number of benzene rings is 1. The van der Waals surface area contributed by atoms with Crippen LogP contribution in [-0.2, 0) is 0 Å². The van der Waals surface area contributed by atoms with E-state index in [1.165, 1.54) is 7.11 Å². The lowest BCUT2D eigenvalue weighted by Crippen LogP contribution is -2.10. The van der Waals surface area contributed by atoms with Gasteiger partial charge in [-0.1, -0.05) is 11.6 Å². The van der Waals surface area contributed by atoms with Crippen molar-refractivity contribution in [3.8, 4) is 5.75 Å². The van der Waals surface area contributed by atoms with Gasteiger partial charge in [-0.25, -0.2) is 0 Å². The Morgan fingerprint density at radius 1 is 1.47 bits per heavy atom. The van der Waals surface area contributed by atoms with Crippen LogP contribution in [0.15, 0.2) is 29.2 Å². The molecule has 0 bridgehead atoms. The predicted molar refractivity (Wildman–Crippen MR) is 63.9 cm³/mol. The van der Waals surface area contributed by atoms with E-state index < -0.39 is 0 Å². The molecule has 0 saturated carbocycles. The zero-order valence-electron chi connectivity index (χ0n) is 8.90. The van der Waals surface area contributed by atoms with Crippen LogP contribution in [0.1, 0.15) is 0 Å². The van der Waals surface area contributed by atoms with E-state index in [1.54, 1.807) is 18.2 Å². The number of rotatable bonds is 3. The topological polar surface area (TPSA) is 79.9 Å². The molecule has 0 spiro atoms. The van der Waals surface area contributed by atoms with Gasteiger partial charge in [0.05, 0.1) is 12.8 Å². The van der Waals surface area contributed by atoms with Crippen LogP contribution >= 0.6 is 11.6 Å². The van der Waals surface area contributed by atoms with E-state index in [4.69, 9.17) is 16.3 Å². The number of ether oxygens (including phenoxy) is 1. The first-order valence-corrected chi connectivity index (χ1v) is 5.09. The highest BCUT2D eigenvalue weighted by atomic mass is 35.5. The third-order valence-electron chi connectivity index (χ3n) is 1.99. The van der Waals surface area contributed by atoms with Crippen LogP contribution in [0, 0.1) is 0 Å². The lowest BCUT2D eigenvalue weighted by atomic mass is 10.3. The van der Waals surface area contributed by atoms with E-state index >= 15 is 0 Å². The van der Waals surface area contributed by atoms with Crippen LogP contribution in [0.4, 0.5) is 11.6 Å². The summed E-state index contributed by atoms with van der Waals surface area (Å²) in [6.07, 6.45) is 1.08. The standard InChI is InChI=1S/C10H9ClN4O2/c1-17-8-3-2-6(11)4-7(8)13-10-14-9(16)5-12-15-10/h2-5H,1H3,(H2,13,14,15,16). The Morgan fingerprint density at radius 2 is 2.29 bits per heavy atom. The monoisotopic (exact) mass is 252 g/mol. The predicted octanol–water partition coefficient (Wildman–Crippen LogP) is 1.57. The van der Waals surface area contributed by atoms with Crippen molar-refractivity contribution in [2.75, 3.05) is 12.4 Å². The number of halogens is 1. The zero-order chi connectivity index (χ0) is 12.3. The molecule has 2 N–H and O–H groups in total. The maximum absolute atomic E-state index is 11.0. The molecule has 0 unspecified atom stereocenters. The van der Waals surface area contributed by atoms with E-state index in [9.17, 15) is 4.79 Å². The van der Waals surface area contributed by atoms with Gasteiger partial charge in [0.2, 0.25) is 5.95 Å². The Balaban J connectivity index is 2.35. The Labute approximate surface area is 102 Å². The van der Waals surface area contributed by atoms with Gasteiger partial charge in [0, 0.05) is 5.02 Å². The molecule has 0 aliphatic carbocycles. The molecule has 2 rings (SSSR count). The Bertz CT molecular complexity index is 585. The normalized spacial score (nSPS) is 10.0. The van der Waals surface area contributed by atoms with Crippen molar-refractivity contribution in [2.24, 2.45) is 0 Å². The summed E-state index contributed by atoms with van der Waals surface area (Å²) in [6.45, 7) is 0. The van der Waals surface area contributed by atoms with Gasteiger partial charge < -0.3 is 10.1 Å². The summed E-state index contributed by atoms with van der Waals surface area (Å²) >= 11 is 5.87. The second-order valence-electron chi connectivity index (χ2n) is 3.15. The first kappa shape index (κ1) is 11.4. The molecule has 0 saturated heterocycles. The number of hydrogen-bond acceptors (Lipinski definition) is 5. The van der Waals surface area contributed by atoms with Crippen molar-refractivity contribution >= 4 is 23.2 Å². The summed E-state index contributed by atoms with van der Waals surface area (Å²) in [6, 6.07) is 5.07. The summed E-state index contributed by atoms with van der Waals surface area (Å²) in [7, 11) is 1.54. The minimum atomic E-state index is -0.344. The smallest absolute Gasteiger partial charge is 0.271 e. The largest absolute Gasteiger partial charge is 0.495 e. The molecule has 1 heterocycles. The van der Waals surface area contributed by atoms with Gasteiger partial charge in [0.25, 0.3) is 5.56 Å². The molecular formula is C10H9ClN4O2. The van der Waals surface area contributed by atoms with Crippen LogP contribution in [0.5, 0.6) is 5.75 Å². The zero-order valence-corrected chi connectivity index (χ0v) is 9.65. The number of methoxy groups -OCH3 is 1. The molecule has 17 heavy (non-hydrogen) atoms. The minimum Gasteiger partial charge on any atom is -0.495 e. The highest BCUT2D eigenvalue weighted by molar-refractivity contribution is 6.30. The third kappa shape index (κ3) is 2.73. The molecule has 6 nitrogen and oxygen atoms in total. The average molecular weight is 253 g/mol. The fourth-order valence-electron chi connectivity index (χ4n) is 1.27. The van der Waals surface area contributed by atoms with Gasteiger partial charge >= 0.3 is 0 Å². The maximum atomic E-state index is 11.0. The fourth-order valence-corrected chi connectivity index (χ4v) is 1.45. The molecule has 88 valence electrons. The van der Waals surface area contributed by atoms with E-state index in [1.807, 2.05) is 0 Å². The molecule has 0 amide bonds. The Morgan fingerprint density at radius 3 is 3.00 bits per heavy atom. The van der Waals surface area contributed by atoms with Crippen molar-refractivity contribution in [2.45, 2.75) is 0 Å². The van der Waals surface area contributed by atoms with E-state index in [0.717, 1.165) is 6.20 Å². The van der Waals surface area contributed by atoms with Crippen LogP contribution < -0.4 is 15.6 Å². The first-order chi connectivity index (χ1) is 8.19. The van der Waals surface area contributed by atoms with Crippen molar-refractivity contribution in [1.82, 2.24) is 15.2 Å². The van der Waals surface area contributed by atoms with Crippen molar-refractivity contribution in [3.63, 3.8) is 0 Å². The molecule has 0 aliphatic heterocycles. The number of aromatic amines is 1. The van der Waals surface area contributed by atoms with E-state index in [0.29, 0.717) is 16.5 Å². The van der Waals surface area contributed by atoms with Crippen LogP contribution in [0.25, 0.3) is 0 Å². The van der Waals surface area contributed by atoms with Gasteiger partial charge in [-0.15, -0.1) is 10.2 Å². The SMILES string of the molecule is COc1ccc(Cl)cc1Nc1nncc(=O)[nH]1. The summed E-state index contributed by atoms with van der Waals surface area (Å²) in [4.78, 5) is 13.5. The summed E-state index contributed by atoms with van der Waals surface area (Å²) in [5.41, 5.74) is 0.250. The molecule has 2 aromatic rings. The Hall–Kier alpha value is -2.08. The summed E-state index contributed by atoms with van der Waals surface area (Å²) in [5, 5.41) is 10.7. The highest BCUT2D eigenvalue weighted by Gasteiger charge is 2.05. The highest BCUT2D eigenvalue weighted by Crippen LogP contribution is 2.28. The van der Waals surface area contributed by atoms with Gasteiger partial charge in [0.1, 0.15) is 11.9 Å². The molecule has 0 fully saturated rings. The fraction of sp³-hybridized carbons (Fsp3) is 0.100. The molecule has 0 aliphatic rings. The van der Waals surface area contributed by atoms with Gasteiger partial charge in [0.15, 0.2) is 0 Å². The summed E-state index contributed by atoms with van der Waals surface area (Å²) in [5.74, 6) is 0.805. The second kappa shape index (κ2) is 4.84. The van der Waals surface area contributed by atoms with E-state index in [2.05, 4.69) is 20.5 Å². The molecule has 7 heteroatoms. The molecule has 0 radical (unpaired) electrons. The van der Waals surface area contributed by atoms with Gasteiger partial charge in [-0.3, -0.25) is 9.78 Å². The van der Waals surface area contributed by atoms with Crippen LogP contribution in [0.3, 0.4) is 0 Å². The minimum absolute atomic E-state index is 0.220. The second-order valence-corrected chi connectivity index (χ2v) is 3.59. The number of H-pyrrole nitrogens is 1. The van der Waals surface area contributed by atoms with Gasteiger partial charge in [-0.05, 0) is 18.2 Å². The van der Waals surface area contributed by atoms with Crippen molar-refractivity contribution in [3.05, 3.63) is 39.8 Å². The van der Waals surface area contributed by atoms with Crippen molar-refractivity contribution < 1.29 is 4.74 Å². The number of nitrogens with one attached hydrogen (secondary N) is 2. The molecule has 1 aromatic heterocycles. The number of nitrogens with zero attached hydrogens (tertiary/aromatic N) is 2. The summed E-state index contributed by atoms with van der Waals surface area (Å²) < 4.78 is 5.14. The lowest BCUT2D eigenvalue weighted by molar-refractivity contribution is 0.417. The third-order valence-corrected chi connectivity index (χ3v) is 2.22. The molecule has 1 aromatic carbocycles. The van der Waals surface area contributed by atoms with Crippen molar-refractivity contribution in [1.29, 1.82) is 0 Å². The maximum Gasteiger partial charge on any atom is 0.271 e. The number of anilines is 2.